The minimum atomic E-state index is -0.782. The summed E-state index contributed by atoms with van der Waals surface area (Å²) in [5.41, 5.74) is 0. The van der Waals surface area contributed by atoms with Crippen molar-refractivity contribution in [3.05, 3.63) is 12.2 Å². The van der Waals surface area contributed by atoms with Gasteiger partial charge in [-0.15, -0.1) is 12.3 Å². The summed E-state index contributed by atoms with van der Waals surface area (Å²) in [6, 6.07) is 0. The lowest BCUT2D eigenvalue weighted by Crippen LogP contribution is -2.23. The van der Waals surface area contributed by atoms with E-state index in [0.29, 0.717) is 6.42 Å². The van der Waals surface area contributed by atoms with Crippen LogP contribution in [0.2, 0.25) is 0 Å². The van der Waals surface area contributed by atoms with Gasteiger partial charge in [0.05, 0.1) is 12.2 Å². The molecule has 0 aliphatic heterocycles. The van der Waals surface area contributed by atoms with E-state index in [1.54, 1.807) is 0 Å². The highest BCUT2D eigenvalue weighted by molar-refractivity contribution is 5.65. The van der Waals surface area contributed by atoms with Gasteiger partial charge in [-0.2, -0.15) is 0 Å². The molecule has 0 heterocycles. The lowest BCUT2D eigenvalue weighted by atomic mass is 10.0. The molecule has 0 saturated carbocycles. The molecule has 0 amide bonds. The van der Waals surface area contributed by atoms with E-state index in [1.165, 1.54) is 26.2 Å². The molecule has 23 heavy (non-hydrogen) atoms. The van der Waals surface area contributed by atoms with Crippen LogP contribution in [0.5, 0.6) is 0 Å². The zero-order valence-electron chi connectivity index (χ0n) is 14.4. The van der Waals surface area contributed by atoms with Gasteiger partial charge in [0.1, 0.15) is 6.61 Å². The van der Waals surface area contributed by atoms with Crippen LogP contribution in [0.3, 0.4) is 0 Å². The zero-order chi connectivity index (χ0) is 17.3. The van der Waals surface area contributed by atoms with Crippen molar-refractivity contribution in [2.24, 2.45) is 0 Å². The van der Waals surface area contributed by atoms with Crippen molar-refractivity contribution in [2.75, 3.05) is 6.61 Å². The van der Waals surface area contributed by atoms with Crippen LogP contribution in [0.15, 0.2) is 12.2 Å². The molecule has 0 fully saturated rings. The molecule has 0 aromatic carbocycles. The first-order chi connectivity index (χ1) is 11.1. The van der Waals surface area contributed by atoms with Gasteiger partial charge in [0.2, 0.25) is 0 Å². The fourth-order valence-corrected chi connectivity index (χ4v) is 2.29. The Balaban J connectivity index is 3.38. The monoisotopic (exact) mass is 324 g/mol. The van der Waals surface area contributed by atoms with E-state index >= 15 is 0 Å². The molecular formula is C19H32O4. The summed E-state index contributed by atoms with van der Waals surface area (Å²) in [6.07, 6.45) is 17.7. The quantitative estimate of drug-likeness (QED) is 0.222. The predicted octanol–water partition coefficient (Wildman–Crippen LogP) is 3.36. The maximum absolute atomic E-state index is 10.6. The molecular weight excluding hydrogens is 292 g/mol. The molecule has 2 N–H and O–H groups in total. The van der Waals surface area contributed by atoms with E-state index in [4.69, 9.17) is 11.2 Å². The summed E-state index contributed by atoms with van der Waals surface area (Å²) in [5, 5.41) is 19.4. The van der Waals surface area contributed by atoms with Crippen LogP contribution in [0.1, 0.15) is 71.1 Å². The van der Waals surface area contributed by atoms with Crippen LogP contribution in [-0.4, -0.2) is 35.0 Å². The largest absolute Gasteiger partial charge is 0.463 e. The zero-order valence-corrected chi connectivity index (χ0v) is 14.4. The minimum Gasteiger partial charge on any atom is -0.463 e. The third-order valence-corrected chi connectivity index (χ3v) is 3.55. The average molecular weight is 324 g/mol. The number of carbonyl (C=O) groups is 1. The topological polar surface area (TPSA) is 66.8 Å². The van der Waals surface area contributed by atoms with Crippen LogP contribution >= 0.6 is 0 Å². The van der Waals surface area contributed by atoms with Crippen molar-refractivity contribution < 1.29 is 19.7 Å². The summed E-state index contributed by atoms with van der Waals surface area (Å²) in [4.78, 5) is 10.6. The molecule has 0 aromatic rings. The first-order valence-corrected chi connectivity index (χ1v) is 8.64. The average Bonchev–Trinajstić information content (AvgIpc) is 2.50. The molecule has 0 rings (SSSR count). The number of hydrogen-bond acceptors (Lipinski definition) is 4. The number of carbonyl (C=O) groups excluding carboxylic acids is 1. The molecule has 4 nitrogen and oxygen atoms in total. The molecule has 0 spiro atoms. The number of aliphatic hydroxyl groups is 2. The molecule has 132 valence electrons. The van der Waals surface area contributed by atoms with E-state index < -0.39 is 18.2 Å². The van der Waals surface area contributed by atoms with Crippen LogP contribution in [0.4, 0.5) is 0 Å². The second-order valence-electron chi connectivity index (χ2n) is 5.91. The number of ether oxygens (including phenoxy) is 1. The second-order valence-corrected chi connectivity index (χ2v) is 5.91. The van der Waals surface area contributed by atoms with E-state index in [9.17, 15) is 15.0 Å². The molecule has 4 heteroatoms. The number of esters is 1. The second kappa shape index (κ2) is 15.6. The number of rotatable bonds is 14. The third kappa shape index (κ3) is 16.9. The SMILES string of the molecule is C#CCCC=CCCCCCCCC(O)CC(O)COC(C)=O. The highest BCUT2D eigenvalue weighted by atomic mass is 16.5. The molecule has 0 radical (unpaired) electrons. The molecule has 0 bridgehead atoms. The summed E-state index contributed by atoms with van der Waals surface area (Å²) in [5.74, 6) is 2.20. The molecule has 0 aliphatic rings. The summed E-state index contributed by atoms with van der Waals surface area (Å²) in [7, 11) is 0. The van der Waals surface area contributed by atoms with Crippen LogP contribution in [0.25, 0.3) is 0 Å². The van der Waals surface area contributed by atoms with Gasteiger partial charge in [-0.05, 0) is 25.7 Å². The molecule has 0 aliphatic carbocycles. The third-order valence-electron chi connectivity index (χ3n) is 3.55. The molecule has 0 aromatic heterocycles. The number of unbranched alkanes of at least 4 members (excludes halogenated alkanes) is 6. The Labute approximate surface area is 140 Å². The van der Waals surface area contributed by atoms with Crippen molar-refractivity contribution in [3.63, 3.8) is 0 Å². The van der Waals surface area contributed by atoms with Crippen molar-refractivity contribution in [2.45, 2.75) is 83.3 Å². The number of allylic oxidation sites excluding steroid dienone is 2. The van der Waals surface area contributed by atoms with Crippen molar-refractivity contribution in [3.8, 4) is 12.3 Å². The van der Waals surface area contributed by atoms with Gasteiger partial charge in [-0.1, -0.05) is 37.8 Å². The van der Waals surface area contributed by atoms with Gasteiger partial charge < -0.3 is 14.9 Å². The first-order valence-electron chi connectivity index (χ1n) is 8.64. The molecule has 2 unspecified atom stereocenters. The summed E-state index contributed by atoms with van der Waals surface area (Å²) >= 11 is 0. The van der Waals surface area contributed by atoms with Crippen molar-refractivity contribution >= 4 is 5.97 Å². The van der Waals surface area contributed by atoms with Gasteiger partial charge in [-0.3, -0.25) is 4.79 Å². The minimum absolute atomic E-state index is 0.0404. The number of terminal acetylenes is 1. The Morgan fingerprint density at radius 1 is 1.09 bits per heavy atom. The predicted molar refractivity (Wildman–Crippen MR) is 92.8 cm³/mol. The van der Waals surface area contributed by atoms with Crippen LogP contribution < -0.4 is 0 Å². The molecule has 2 atom stereocenters. The Kier molecular flexibility index (Phi) is 14.7. The summed E-state index contributed by atoms with van der Waals surface area (Å²) in [6.45, 7) is 1.26. The van der Waals surface area contributed by atoms with Crippen LogP contribution in [0, 0.1) is 12.3 Å². The Hall–Kier alpha value is -1.31. The van der Waals surface area contributed by atoms with E-state index in [1.807, 2.05) is 0 Å². The highest BCUT2D eigenvalue weighted by Crippen LogP contribution is 2.12. The fraction of sp³-hybridized carbons (Fsp3) is 0.737. The Morgan fingerprint density at radius 3 is 2.43 bits per heavy atom. The van der Waals surface area contributed by atoms with Gasteiger partial charge >= 0.3 is 5.97 Å². The summed E-state index contributed by atoms with van der Waals surface area (Å²) < 4.78 is 4.70. The van der Waals surface area contributed by atoms with Crippen LogP contribution in [-0.2, 0) is 9.53 Å². The molecule has 0 saturated heterocycles. The number of hydrogen-bond donors (Lipinski definition) is 2. The van der Waals surface area contributed by atoms with Gasteiger partial charge in [0.15, 0.2) is 0 Å². The first kappa shape index (κ1) is 21.7. The van der Waals surface area contributed by atoms with E-state index in [-0.39, 0.29) is 13.0 Å². The van der Waals surface area contributed by atoms with Crippen molar-refractivity contribution in [1.29, 1.82) is 0 Å². The van der Waals surface area contributed by atoms with Gasteiger partial charge in [0.25, 0.3) is 0 Å². The van der Waals surface area contributed by atoms with Gasteiger partial charge in [0, 0.05) is 19.8 Å². The van der Waals surface area contributed by atoms with E-state index in [2.05, 4.69) is 18.1 Å². The lowest BCUT2D eigenvalue weighted by molar-refractivity contribution is -0.144. The fourth-order valence-electron chi connectivity index (χ4n) is 2.29. The number of aliphatic hydroxyl groups excluding tert-OH is 2. The normalized spacial score (nSPS) is 13.7. The standard InChI is InChI=1S/C19H32O4/c1-3-4-5-6-7-8-9-10-11-12-13-14-18(21)15-19(22)16-23-17(2)20/h1,6-7,18-19,21-22H,4-5,8-16H2,2H3. The Bertz CT molecular complexity index is 357. The van der Waals surface area contributed by atoms with E-state index in [0.717, 1.165) is 32.1 Å². The maximum atomic E-state index is 10.6. The smallest absolute Gasteiger partial charge is 0.302 e. The van der Waals surface area contributed by atoms with Gasteiger partial charge in [-0.25, -0.2) is 0 Å². The highest BCUT2D eigenvalue weighted by Gasteiger charge is 2.12. The maximum Gasteiger partial charge on any atom is 0.302 e. The Morgan fingerprint density at radius 2 is 1.74 bits per heavy atom. The lowest BCUT2D eigenvalue weighted by Gasteiger charge is -2.15. The van der Waals surface area contributed by atoms with Crippen molar-refractivity contribution in [1.82, 2.24) is 0 Å².